The van der Waals surface area contributed by atoms with Crippen LogP contribution in [0.1, 0.15) is 38.1 Å². The van der Waals surface area contributed by atoms with Crippen molar-refractivity contribution in [1.82, 2.24) is 19.5 Å². The number of rotatable bonds is 5. The number of nitrogens with zero attached hydrogens (tertiary/aromatic N) is 6. The van der Waals surface area contributed by atoms with E-state index in [1.54, 1.807) is 17.6 Å². The summed E-state index contributed by atoms with van der Waals surface area (Å²) in [6.45, 7) is 6.74. The molecular formula is C22H27N7O5. The molecule has 3 N–H and O–H groups in total. The number of nitro benzene ring substituents is 1. The third-order valence-electron chi connectivity index (χ3n) is 6.32. The molecular weight excluding hydrogens is 442 g/mol. The maximum absolute atomic E-state index is 11.2. The minimum absolute atomic E-state index is 0.0373. The van der Waals surface area contributed by atoms with E-state index in [4.69, 9.17) is 9.72 Å². The predicted molar refractivity (Wildman–Crippen MR) is 124 cm³/mol. The fourth-order valence-corrected chi connectivity index (χ4v) is 4.61. The number of aliphatic hydroxyl groups is 2. The van der Waals surface area contributed by atoms with Gasteiger partial charge in [-0.2, -0.15) is 0 Å². The van der Waals surface area contributed by atoms with E-state index < -0.39 is 29.5 Å². The summed E-state index contributed by atoms with van der Waals surface area (Å²) in [5, 5.41) is 35.4. The maximum atomic E-state index is 11.2. The number of aliphatic hydroxyl groups excluding tert-OH is 2. The van der Waals surface area contributed by atoms with Crippen LogP contribution in [0.2, 0.25) is 0 Å². The Kier molecular flexibility index (Phi) is 5.58. The number of anilines is 2. The number of hydrogen-bond acceptors (Lipinski definition) is 10. The highest BCUT2D eigenvalue weighted by Gasteiger charge is 2.43. The van der Waals surface area contributed by atoms with Crippen molar-refractivity contribution in [3.8, 4) is 0 Å². The minimum Gasteiger partial charge on any atom is -0.388 e. The van der Waals surface area contributed by atoms with Gasteiger partial charge in [-0.15, -0.1) is 0 Å². The Morgan fingerprint density at radius 1 is 1.24 bits per heavy atom. The molecule has 180 valence electrons. The third kappa shape index (κ3) is 3.73. The van der Waals surface area contributed by atoms with Gasteiger partial charge in [0.2, 0.25) is 5.95 Å². The van der Waals surface area contributed by atoms with Crippen molar-refractivity contribution in [2.45, 2.75) is 64.3 Å². The van der Waals surface area contributed by atoms with Crippen LogP contribution in [0.3, 0.4) is 0 Å². The quantitative estimate of drug-likeness (QED) is 0.372. The molecule has 12 nitrogen and oxygen atoms in total. The topological polar surface area (TPSA) is 152 Å². The van der Waals surface area contributed by atoms with Crippen molar-refractivity contribution >= 4 is 28.6 Å². The molecule has 2 aromatic heterocycles. The van der Waals surface area contributed by atoms with Gasteiger partial charge >= 0.3 is 0 Å². The van der Waals surface area contributed by atoms with Gasteiger partial charge in [-0.3, -0.25) is 14.7 Å². The van der Waals surface area contributed by atoms with E-state index >= 15 is 0 Å². The number of imidazole rings is 1. The summed E-state index contributed by atoms with van der Waals surface area (Å²) in [5.74, 6) is 1.04. The van der Waals surface area contributed by atoms with E-state index in [0.717, 1.165) is 11.1 Å². The van der Waals surface area contributed by atoms with Crippen LogP contribution in [-0.2, 0) is 17.7 Å². The monoisotopic (exact) mass is 469 g/mol. The first-order valence-corrected chi connectivity index (χ1v) is 11.3. The lowest BCUT2D eigenvalue weighted by Gasteiger charge is -2.29. The molecule has 0 spiro atoms. The second-order valence-electron chi connectivity index (χ2n) is 9.07. The standard InChI is InChI=1S/C22H27N7O5/c1-11(2)25-22-26-16-19(27-7-6-13-4-5-15(29(32)33)8-14(13)9-27)23-10-24-20(16)28(22)21-18(31)17(30)12(3)34-21/h4-5,8,10-12,17-18,21,30-31H,6-7,9H2,1-3H3,(H,25,26)/t12-,17-,18-,21-/m1/s1. The second-order valence-corrected chi connectivity index (χ2v) is 9.07. The van der Waals surface area contributed by atoms with E-state index in [-0.39, 0.29) is 11.7 Å². The molecule has 0 bridgehead atoms. The number of nitro groups is 1. The normalized spacial score (nSPS) is 24.6. The molecule has 3 aromatic rings. The largest absolute Gasteiger partial charge is 0.388 e. The molecule has 0 unspecified atom stereocenters. The molecule has 0 amide bonds. The van der Waals surface area contributed by atoms with E-state index in [1.165, 1.54) is 12.4 Å². The summed E-state index contributed by atoms with van der Waals surface area (Å²) in [6, 6.07) is 4.99. The van der Waals surface area contributed by atoms with Gasteiger partial charge in [0.05, 0.1) is 11.0 Å². The number of nitrogens with one attached hydrogen (secondary N) is 1. The van der Waals surface area contributed by atoms with Gasteiger partial charge in [-0.1, -0.05) is 6.07 Å². The van der Waals surface area contributed by atoms with Crippen molar-refractivity contribution in [3.63, 3.8) is 0 Å². The zero-order chi connectivity index (χ0) is 24.1. The smallest absolute Gasteiger partial charge is 0.269 e. The first kappa shape index (κ1) is 22.4. The average molecular weight is 470 g/mol. The van der Waals surface area contributed by atoms with Gasteiger partial charge in [0.25, 0.3) is 5.69 Å². The van der Waals surface area contributed by atoms with Crippen LogP contribution in [0.5, 0.6) is 0 Å². The Morgan fingerprint density at radius 2 is 2.03 bits per heavy atom. The number of benzene rings is 1. The van der Waals surface area contributed by atoms with E-state index in [2.05, 4.69) is 15.3 Å². The molecule has 0 radical (unpaired) electrons. The van der Waals surface area contributed by atoms with Crippen LogP contribution < -0.4 is 10.2 Å². The first-order chi connectivity index (χ1) is 16.2. The van der Waals surface area contributed by atoms with Crippen molar-refractivity contribution < 1.29 is 19.9 Å². The summed E-state index contributed by atoms with van der Waals surface area (Å²) in [4.78, 5) is 26.6. The van der Waals surface area contributed by atoms with Gasteiger partial charge < -0.3 is 25.2 Å². The molecule has 34 heavy (non-hydrogen) atoms. The van der Waals surface area contributed by atoms with Crippen LogP contribution in [0, 0.1) is 10.1 Å². The van der Waals surface area contributed by atoms with E-state index in [9.17, 15) is 20.3 Å². The number of fused-ring (bicyclic) bond motifs is 2. The molecule has 4 atom stereocenters. The molecule has 1 aromatic carbocycles. The lowest BCUT2D eigenvalue weighted by molar-refractivity contribution is -0.384. The fourth-order valence-electron chi connectivity index (χ4n) is 4.61. The molecule has 1 saturated heterocycles. The van der Waals surface area contributed by atoms with Gasteiger partial charge in [0, 0.05) is 31.3 Å². The highest BCUT2D eigenvalue weighted by molar-refractivity contribution is 5.86. The number of ether oxygens (including phenoxy) is 1. The van der Waals surface area contributed by atoms with Gasteiger partial charge in [-0.05, 0) is 38.3 Å². The minimum atomic E-state index is -1.15. The van der Waals surface area contributed by atoms with E-state index in [0.29, 0.717) is 42.4 Å². The summed E-state index contributed by atoms with van der Waals surface area (Å²) < 4.78 is 7.54. The lowest BCUT2D eigenvalue weighted by atomic mass is 9.99. The summed E-state index contributed by atoms with van der Waals surface area (Å²) in [7, 11) is 0. The predicted octanol–water partition coefficient (Wildman–Crippen LogP) is 1.76. The van der Waals surface area contributed by atoms with Gasteiger partial charge in [-0.25, -0.2) is 15.0 Å². The maximum Gasteiger partial charge on any atom is 0.269 e. The van der Waals surface area contributed by atoms with E-state index in [1.807, 2.05) is 24.8 Å². The second kappa shape index (κ2) is 8.46. The SMILES string of the molecule is CC(C)Nc1nc2c(N3CCc4ccc([N+](=O)[O-])cc4C3)ncnc2n1[C@@H]1O[C@H](C)[C@@H](O)[C@H]1O. The Hall–Kier alpha value is -3.35. The molecule has 2 aliphatic rings. The molecule has 4 heterocycles. The van der Waals surface area contributed by atoms with Crippen LogP contribution in [-0.4, -0.2) is 65.6 Å². The van der Waals surface area contributed by atoms with Crippen LogP contribution in [0.15, 0.2) is 24.5 Å². The molecule has 0 aliphatic carbocycles. The van der Waals surface area contributed by atoms with Gasteiger partial charge in [0.1, 0.15) is 18.5 Å². The Labute approximate surface area is 195 Å². The van der Waals surface area contributed by atoms with Crippen LogP contribution in [0.4, 0.5) is 17.5 Å². The number of aromatic nitrogens is 4. The zero-order valence-electron chi connectivity index (χ0n) is 19.1. The summed E-state index contributed by atoms with van der Waals surface area (Å²) in [5.41, 5.74) is 2.98. The number of non-ortho nitro benzene ring substituents is 1. The van der Waals surface area contributed by atoms with Gasteiger partial charge in [0.15, 0.2) is 23.2 Å². The molecule has 5 rings (SSSR count). The molecule has 0 saturated carbocycles. The van der Waals surface area contributed by atoms with Crippen LogP contribution >= 0.6 is 0 Å². The van der Waals surface area contributed by atoms with Crippen LogP contribution in [0.25, 0.3) is 11.2 Å². The number of hydrogen-bond donors (Lipinski definition) is 3. The Morgan fingerprint density at radius 3 is 2.71 bits per heavy atom. The van der Waals surface area contributed by atoms with Crippen molar-refractivity contribution in [3.05, 3.63) is 45.8 Å². The summed E-state index contributed by atoms with van der Waals surface area (Å²) in [6.07, 6.45) is -1.47. The zero-order valence-corrected chi connectivity index (χ0v) is 19.1. The van der Waals surface area contributed by atoms with Crippen molar-refractivity contribution in [1.29, 1.82) is 0 Å². The summed E-state index contributed by atoms with van der Waals surface area (Å²) >= 11 is 0. The lowest BCUT2D eigenvalue weighted by Crippen LogP contribution is -2.31. The fraction of sp³-hybridized carbons (Fsp3) is 0.500. The Bertz CT molecular complexity index is 1250. The highest BCUT2D eigenvalue weighted by atomic mass is 16.6. The highest BCUT2D eigenvalue weighted by Crippen LogP contribution is 2.37. The molecule has 2 aliphatic heterocycles. The Balaban J connectivity index is 1.58. The molecule has 12 heteroatoms. The molecule has 1 fully saturated rings. The third-order valence-corrected chi connectivity index (χ3v) is 6.32. The van der Waals surface area contributed by atoms with Crippen molar-refractivity contribution in [2.24, 2.45) is 0 Å². The first-order valence-electron chi connectivity index (χ1n) is 11.3. The average Bonchev–Trinajstić information content (AvgIpc) is 3.28. The van der Waals surface area contributed by atoms with Crippen molar-refractivity contribution in [2.75, 3.05) is 16.8 Å².